The molecule has 1 aromatic carbocycles. The maximum atomic E-state index is 11.4. The number of halogens is 2. The van der Waals surface area contributed by atoms with Crippen LogP contribution in [0.25, 0.3) is 0 Å². The van der Waals surface area contributed by atoms with E-state index in [4.69, 9.17) is 9.84 Å². The van der Waals surface area contributed by atoms with Gasteiger partial charge in [0, 0.05) is 3.57 Å². The highest BCUT2D eigenvalue weighted by atomic mass is 127. The fourth-order valence-electron chi connectivity index (χ4n) is 1.30. The predicted molar refractivity (Wildman–Crippen MR) is 83.8 cm³/mol. The summed E-state index contributed by atoms with van der Waals surface area (Å²) in [6, 6.07) is 4.73. The van der Waals surface area contributed by atoms with E-state index in [1.54, 1.807) is 28.7 Å². The molecule has 8 heteroatoms. The Hall–Kier alpha value is -1.17. The largest absolute Gasteiger partial charge is 0.478 e. The molecule has 2 aromatic rings. The highest BCUT2D eigenvalue weighted by Gasteiger charge is 2.15. The Labute approximate surface area is 134 Å². The van der Waals surface area contributed by atoms with Crippen LogP contribution in [-0.4, -0.2) is 21.0 Å². The molecule has 0 spiro atoms. The monoisotopic (exact) mass is 484 g/mol. The van der Waals surface area contributed by atoms with Gasteiger partial charge in [-0.3, -0.25) is 4.79 Å². The first-order valence-corrected chi connectivity index (χ1v) is 7.08. The Morgan fingerprint density at radius 3 is 2.79 bits per heavy atom. The maximum Gasteiger partial charge on any atom is 0.339 e. The van der Waals surface area contributed by atoms with E-state index in [9.17, 15) is 9.59 Å². The standard InChI is InChI=1S/C11H6I2N2O4/c12-5-1-2-7(6(3-5)11(17)18)19-10-8(13)9(16)14-4-15-10/h1-4H,(H,17,18)(H,14,15,16). The number of carboxylic acid groups (broad SMARTS) is 1. The fraction of sp³-hybridized carbons (Fsp3) is 0. The summed E-state index contributed by atoms with van der Waals surface area (Å²) in [5.41, 5.74) is -0.322. The molecule has 0 atom stereocenters. The van der Waals surface area contributed by atoms with Gasteiger partial charge in [-0.2, -0.15) is 0 Å². The lowest BCUT2D eigenvalue weighted by Crippen LogP contribution is -2.12. The highest BCUT2D eigenvalue weighted by molar-refractivity contribution is 14.1. The zero-order valence-corrected chi connectivity index (χ0v) is 13.5. The molecule has 0 radical (unpaired) electrons. The molecule has 0 saturated carbocycles. The molecule has 1 heterocycles. The van der Waals surface area contributed by atoms with Gasteiger partial charge < -0.3 is 14.8 Å². The molecule has 1 aromatic heterocycles. The van der Waals surface area contributed by atoms with Crippen molar-refractivity contribution in [1.29, 1.82) is 0 Å². The molecule has 0 aliphatic rings. The lowest BCUT2D eigenvalue weighted by Gasteiger charge is -2.08. The quantitative estimate of drug-likeness (QED) is 0.654. The number of aromatic amines is 1. The van der Waals surface area contributed by atoms with E-state index in [0.717, 1.165) is 3.57 Å². The second-order valence-electron chi connectivity index (χ2n) is 3.40. The Balaban J connectivity index is 2.46. The first-order valence-electron chi connectivity index (χ1n) is 4.93. The summed E-state index contributed by atoms with van der Waals surface area (Å²) in [6.07, 6.45) is 1.20. The van der Waals surface area contributed by atoms with Crippen LogP contribution in [0, 0.1) is 7.14 Å². The molecule has 0 fully saturated rings. The van der Waals surface area contributed by atoms with Crippen LogP contribution in [-0.2, 0) is 0 Å². The summed E-state index contributed by atoms with van der Waals surface area (Å²) in [6.45, 7) is 0. The predicted octanol–water partition coefficient (Wildman–Crippen LogP) is 2.47. The minimum absolute atomic E-state index is 0.0183. The third-order valence-electron chi connectivity index (χ3n) is 2.14. The van der Waals surface area contributed by atoms with Crippen LogP contribution in [0.2, 0.25) is 0 Å². The van der Waals surface area contributed by atoms with Gasteiger partial charge in [-0.05, 0) is 63.4 Å². The van der Waals surface area contributed by atoms with Crippen molar-refractivity contribution in [3.8, 4) is 11.6 Å². The summed E-state index contributed by atoms with van der Waals surface area (Å²) in [7, 11) is 0. The molecule has 0 bridgehead atoms. The number of nitrogens with zero attached hydrogens (tertiary/aromatic N) is 1. The molecule has 0 aliphatic heterocycles. The van der Waals surface area contributed by atoms with E-state index >= 15 is 0 Å². The minimum atomic E-state index is -1.10. The summed E-state index contributed by atoms with van der Waals surface area (Å²) < 4.78 is 6.45. The lowest BCUT2D eigenvalue weighted by atomic mass is 10.2. The minimum Gasteiger partial charge on any atom is -0.478 e. The molecule has 98 valence electrons. The van der Waals surface area contributed by atoms with Crippen LogP contribution in [0.1, 0.15) is 10.4 Å². The second kappa shape index (κ2) is 5.86. The van der Waals surface area contributed by atoms with Gasteiger partial charge >= 0.3 is 5.97 Å². The van der Waals surface area contributed by atoms with E-state index in [0.29, 0.717) is 0 Å². The summed E-state index contributed by atoms with van der Waals surface area (Å²) in [5, 5.41) is 9.12. The normalized spacial score (nSPS) is 10.2. The van der Waals surface area contributed by atoms with Gasteiger partial charge in [0.25, 0.3) is 5.56 Å². The Morgan fingerprint density at radius 2 is 2.11 bits per heavy atom. The number of aromatic carboxylic acids is 1. The van der Waals surface area contributed by atoms with Crippen molar-refractivity contribution in [2.75, 3.05) is 0 Å². The van der Waals surface area contributed by atoms with E-state index in [-0.39, 0.29) is 26.3 Å². The summed E-state index contributed by atoms with van der Waals surface area (Å²) in [4.78, 5) is 28.8. The van der Waals surface area contributed by atoms with Crippen LogP contribution in [0.15, 0.2) is 29.3 Å². The SMILES string of the molecule is O=C(O)c1cc(I)ccc1Oc1nc[nH]c(=O)c1I. The first-order chi connectivity index (χ1) is 8.99. The van der Waals surface area contributed by atoms with Crippen molar-refractivity contribution in [2.45, 2.75) is 0 Å². The van der Waals surface area contributed by atoms with Gasteiger partial charge in [-0.15, -0.1) is 0 Å². The molecule has 2 N–H and O–H groups in total. The smallest absolute Gasteiger partial charge is 0.339 e. The van der Waals surface area contributed by atoms with Crippen molar-refractivity contribution in [3.63, 3.8) is 0 Å². The van der Waals surface area contributed by atoms with E-state index in [1.165, 1.54) is 18.5 Å². The van der Waals surface area contributed by atoms with E-state index < -0.39 is 5.97 Å². The van der Waals surface area contributed by atoms with E-state index in [1.807, 2.05) is 22.6 Å². The topological polar surface area (TPSA) is 92.3 Å². The number of nitrogens with one attached hydrogen (secondary N) is 1. The molecule has 0 saturated heterocycles. The Kier molecular flexibility index (Phi) is 4.39. The van der Waals surface area contributed by atoms with Crippen LogP contribution in [0.3, 0.4) is 0 Å². The summed E-state index contributed by atoms with van der Waals surface area (Å²) in [5.74, 6) is -0.884. The second-order valence-corrected chi connectivity index (χ2v) is 5.72. The number of ether oxygens (including phenoxy) is 1. The van der Waals surface area contributed by atoms with Gasteiger partial charge in [0.15, 0.2) is 0 Å². The average Bonchev–Trinajstić information content (AvgIpc) is 2.36. The molecule has 19 heavy (non-hydrogen) atoms. The Bertz CT molecular complexity index is 699. The zero-order valence-electron chi connectivity index (χ0n) is 9.18. The van der Waals surface area contributed by atoms with Crippen molar-refractivity contribution in [1.82, 2.24) is 9.97 Å². The number of H-pyrrole nitrogens is 1. The molecular formula is C11H6I2N2O4. The van der Waals surface area contributed by atoms with Gasteiger partial charge in [0.05, 0.1) is 6.33 Å². The van der Waals surface area contributed by atoms with Gasteiger partial charge in [-0.25, -0.2) is 9.78 Å². The molecule has 2 rings (SSSR count). The number of carbonyl (C=O) groups is 1. The molecular weight excluding hydrogens is 478 g/mol. The number of hydrogen-bond donors (Lipinski definition) is 2. The number of carboxylic acids is 1. The number of rotatable bonds is 3. The van der Waals surface area contributed by atoms with Gasteiger partial charge in [-0.1, -0.05) is 0 Å². The average molecular weight is 484 g/mol. The van der Waals surface area contributed by atoms with Crippen molar-refractivity contribution < 1.29 is 14.6 Å². The lowest BCUT2D eigenvalue weighted by molar-refractivity contribution is 0.0694. The number of benzene rings is 1. The maximum absolute atomic E-state index is 11.4. The number of hydrogen-bond acceptors (Lipinski definition) is 4. The third kappa shape index (κ3) is 3.23. The van der Waals surface area contributed by atoms with Gasteiger partial charge in [0.1, 0.15) is 14.9 Å². The molecule has 0 aliphatic carbocycles. The third-order valence-corrected chi connectivity index (χ3v) is 3.77. The fourth-order valence-corrected chi connectivity index (χ4v) is 2.20. The summed E-state index contributed by atoms with van der Waals surface area (Å²) >= 11 is 3.79. The van der Waals surface area contributed by atoms with Gasteiger partial charge in [0.2, 0.25) is 5.88 Å². The van der Waals surface area contributed by atoms with Crippen LogP contribution < -0.4 is 10.3 Å². The molecule has 6 nitrogen and oxygen atoms in total. The van der Waals surface area contributed by atoms with Crippen LogP contribution in [0.4, 0.5) is 0 Å². The van der Waals surface area contributed by atoms with E-state index in [2.05, 4.69) is 9.97 Å². The van der Waals surface area contributed by atoms with Crippen molar-refractivity contribution in [2.24, 2.45) is 0 Å². The first kappa shape index (κ1) is 14.2. The molecule has 0 unspecified atom stereocenters. The Morgan fingerprint density at radius 1 is 1.37 bits per heavy atom. The zero-order chi connectivity index (χ0) is 14.0. The molecule has 0 amide bonds. The van der Waals surface area contributed by atoms with Crippen LogP contribution >= 0.6 is 45.2 Å². The van der Waals surface area contributed by atoms with Crippen molar-refractivity contribution >= 4 is 51.2 Å². The van der Waals surface area contributed by atoms with Crippen molar-refractivity contribution in [3.05, 3.63) is 47.6 Å². The number of aromatic nitrogens is 2. The highest BCUT2D eigenvalue weighted by Crippen LogP contribution is 2.27. The van der Waals surface area contributed by atoms with Crippen LogP contribution in [0.5, 0.6) is 11.6 Å².